The summed E-state index contributed by atoms with van der Waals surface area (Å²) in [7, 11) is 0. The highest BCUT2D eigenvalue weighted by molar-refractivity contribution is 5.74. The zero-order valence-corrected chi connectivity index (χ0v) is 43.8. The molecule has 0 fully saturated rings. The van der Waals surface area contributed by atoms with Crippen LogP contribution < -0.4 is 0 Å². The highest BCUT2D eigenvalue weighted by Crippen LogP contribution is 2.27. The lowest BCUT2D eigenvalue weighted by Gasteiger charge is -2.31. The Morgan fingerprint density at radius 1 is 0.234 bits per heavy atom. The van der Waals surface area contributed by atoms with E-state index in [4.69, 9.17) is 14.2 Å². The third-order valence-corrected chi connectivity index (χ3v) is 13.3. The predicted octanol–water partition coefficient (Wildman–Crippen LogP) is 19.9. The molecule has 0 aliphatic carbocycles. The van der Waals surface area contributed by atoms with E-state index in [1.54, 1.807) is 0 Å². The average Bonchev–Trinajstić information content (AvgIpc) is 3.27. The number of hydrogen-bond donors (Lipinski definition) is 0. The normalized spacial score (nSPS) is 11.6. The lowest BCUT2D eigenvalue weighted by atomic mass is 10.0. The van der Waals surface area contributed by atoms with E-state index in [0.29, 0.717) is 6.42 Å². The first-order chi connectivity index (χ1) is 31.4. The van der Waals surface area contributed by atoms with Gasteiger partial charge in [0.15, 0.2) is 0 Å². The minimum atomic E-state index is -1.97. The summed E-state index contributed by atoms with van der Waals surface area (Å²) in [5.41, 5.74) is 0. The largest absolute Gasteiger partial charge is 0.423 e. The fourth-order valence-corrected chi connectivity index (χ4v) is 9.12. The van der Waals surface area contributed by atoms with Crippen LogP contribution in [0.5, 0.6) is 0 Å². The summed E-state index contributed by atoms with van der Waals surface area (Å²) in [6.07, 6.45) is 58.0. The summed E-state index contributed by atoms with van der Waals surface area (Å²) in [6, 6.07) is 0. The molecule has 6 heteroatoms. The van der Waals surface area contributed by atoms with Crippen molar-refractivity contribution in [2.45, 2.75) is 355 Å². The van der Waals surface area contributed by atoms with Gasteiger partial charge in [-0.15, -0.1) is 0 Å². The molecule has 0 aliphatic rings. The van der Waals surface area contributed by atoms with Crippen LogP contribution in [0.15, 0.2) is 0 Å². The van der Waals surface area contributed by atoms with Crippen molar-refractivity contribution in [3.05, 3.63) is 0 Å². The van der Waals surface area contributed by atoms with Gasteiger partial charge in [-0.25, -0.2) is 0 Å². The van der Waals surface area contributed by atoms with Crippen molar-refractivity contribution in [2.75, 3.05) is 0 Å². The molecule has 0 bridgehead atoms. The molecule has 6 nitrogen and oxygen atoms in total. The molecule has 0 aliphatic heterocycles. The Kier molecular flexibility index (Phi) is 49.6. The van der Waals surface area contributed by atoms with E-state index >= 15 is 0 Å². The topological polar surface area (TPSA) is 78.9 Å². The van der Waals surface area contributed by atoms with E-state index in [9.17, 15) is 14.4 Å². The maximum absolute atomic E-state index is 13.2. The SMILES string of the molecule is CCCCCCCCCCCCCCCCCC(=O)OC(CCC)(OC(=O)CCCCCCCCCCCCCCCCC)OC(=O)CCCCCCCCCCCCCCCCC. The zero-order valence-electron chi connectivity index (χ0n) is 43.8. The Bertz CT molecular complexity index is 863. The predicted molar refractivity (Wildman–Crippen MR) is 275 cm³/mol. The van der Waals surface area contributed by atoms with Crippen LogP contribution >= 0.6 is 0 Å². The number of ether oxygens (including phenoxy) is 3. The van der Waals surface area contributed by atoms with Crippen LogP contribution in [0.1, 0.15) is 349 Å². The van der Waals surface area contributed by atoms with Crippen LogP contribution in [0, 0.1) is 0 Å². The second-order valence-corrected chi connectivity index (χ2v) is 20.0. The molecule has 0 aromatic rings. The van der Waals surface area contributed by atoms with E-state index in [2.05, 4.69) is 20.8 Å². The number of rotatable bonds is 53. The maximum Gasteiger partial charge on any atom is 0.423 e. The second kappa shape index (κ2) is 50.8. The molecule has 0 aromatic carbocycles. The zero-order chi connectivity index (χ0) is 46.7. The summed E-state index contributed by atoms with van der Waals surface area (Å²) in [6.45, 7) is 8.76. The van der Waals surface area contributed by atoms with Crippen molar-refractivity contribution in [3.63, 3.8) is 0 Å². The van der Waals surface area contributed by atoms with Gasteiger partial charge in [0.05, 0.1) is 6.42 Å². The van der Waals surface area contributed by atoms with Crippen LogP contribution in [-0.2, 0) is 28.6 Å². The van der Waals surface area contributed by atoms with Crippen molar-refractivity contribution in [1.29, 1.82) is 0 Å². The lowest BCUT2D eigenvalue weighted by Crippen LogP contribution is -2.44. The average molecular weight is 906 g/mol. The van der Waals surface area contributed by atoms with E-state index in [-0.39, 0.29) is 25.7 Å². The van der Waals surface area contributed by atoms with Gasteiger partial charge in [-0.05, 0) is 25.7 Å². The molecular formula is C58H112O6. The van der Waals surface area contributed by atoms with Gasteiger partial charge in [0.1, 0.15) is 0 Å². The lowest BCUT2D eigenvalue weighted by molar-refractivity contribution is -0.333. The molecule has 0 spiro atoms. The fourth-order valence-electron chi connectivity index (χ4n) is 9.12. The first-order valence-electron chi connectivity index (χ1n) is 29.1. The van der Waals surface area contributed by atoms with E-state index in [1.165, 1.54) is 231 Å². The van der Waals surface area contributed by atoms with E-state index < -0.39 is 23.9 Å². The van der Waals surface area contributed by atoms with E-state index in [0.717, 1.165) is 57.8 Å². The van der Waals surface area contributed by atoms with Crippen LogP contribution in [0.3, 0.4) is 0 Å². The van der Waals surface area contributed by atoms with Crippen molar-refractivity contribution >= 4 is 17.9 Å². The number of hydrogen-bond acceptors (Lipinski definition) is 6. The molecule has 0 unspecified atom stereocenters. The van der Waals surface area contributed by atoms with Gasteiger partial charge in [-0.2, -0.15) is 0 Å². The van der Waals surface area contributed by atoms with Crippen LogP contribution in [-0.4, -0.2) is 23.9 Å². The van der Waals surface area contributed by atoms with Crippen molar-refractivity contribution < 1.29 is 28.6 Å². The molecule has 0 saturated carbocycles. The first kappa shape index (κ1) is 62.4. The first-order valence-corrected chi connectivity index (χ1v) is 29.1. The Hall–Kier alpha value is -1.59. The van der Waals surface area contributed by atoms with Gasteiger partial charge in [0.2, 0.25) is 0 Å². The minimum absolute atomic E-state index is 0.146. The molecule has 0 rings (SSSR count). The van der Waals surface area contributed by atoms with Gasteiger partial charge in [-0.1, -0.05) is 297 Å². The molecule has 0 amide bonds. The Morgan fingerprint density at radius 2 is 0.391 bits per heavy atom. The summed E-state index contributed by atoms with van der Waals surface area (Å²) in [5, 5.41) is 0. The van der Waals surface area contributed by atoms with Gasteiger partial charge in [0, 0.05) is 19.3 Å². The number of carbonyl (C=O) groups excluding carboxylic acids is 3. The van der Waals surface area contributed by atoms with Gasteiger partial charge < -0.3 is 14.2 Å². The number of esters is 3. The Labute approximate surface area is 399 Å². The molecular weight excluding hydrogens is 793 g/mol. The third kappa shape index (κ3) is 45.6. The van der Waals surface area contributed by atoms with Gasteiger partial charge >= 0.3 is 23.9 Å². The summed E-state index contributed by atoms with van der Waals surface area (Å²) >= 11 is 0. The minimum Gasteiger partial charge on any atom is -0.388 e. The second-order valence-electron chi connectivity index (χ2n) is 20.0. The van der Waals surface area contributed by atoms with Gasteiger partial charge in [0.25, 0.3) is 0 Å². The van der Waals surface area contributed by atoms with E-state index in [1.807, 2.05) is 6.92 Å². The summed E-state index contributed by atoms with van der Waals surface area (Å²) < 4.78 is 17.6. The fraction of sp³-hybridized carbons (Fsp3) is 0.948. The third-order valence-electron chi connectivity index (χ3n) is 13.3. The molecule has 380 valence electrons. The highest BCUT2D eigenvalue weighted by Gasteiger charge is 2.42. The monoisotopic (exact) mass is 905 g/mol. The molecule has 0 atom stereocenters. The van der Waals surface area contributed by atoms with Crippen molar-refractivity contribution in [3.8, 4) is 0 Å². The number of carbonyl (C=O) groups is 3. The smallest absolute Gasteiger partial charge is 0.388 e. The molecule has 0 saturated heterocycles. The molecule has 0 aromatic heterocycles. The van der Waals surface area contributed by atoms with Gasteiger partial charge in [-0.3, -0.25) is 14.4 Å². The quantitative estimate of drug-likeness (QED) is 0.0344. The summed E-state index contributed by atoms with van der Waals surface area (Å²) in [5.74, 6) is -3.34. The molecule has 0 radical (unpaired) electrons. The maximum atomic E-state index is 13.2. The van der Waals surface area contributed by atoms with Crippen molar-refractivity contribution in [2.24, 2.45) is 0 Å². The van der Waals surface area contributed by atoms with Crippen LogP contribution in [0.2, 0.25) is 0 Å². The summed E-state index contributed by atoms with van der Waals surface area (Å²) in [4.78, 5) is 39.7. The standard InChI is InChI=1S/C58H112O6/c1-5-9-12-15-18-21-24-27-30-33-36-39-42-45-48-51-55(59)62-58(54-8-4,63-56(60)52-49-46-43-40-37-34-31-28-25-22-19-16-13-10-6-2)64-57(61)53-50-47-44-41-38-35-32-29-26-23-20-17-14-11-7-3/h5-54H2,1-4H3. The number of unbranched alkanes of at least 4 members (excludes halogenated alkanes) is 42. The van der Waals surface area contributed by atoms with Crippen LogP contribution in [0.25, 0.3) is 0 Å². The molecule has 64 heavy (non-hydrogen) atoms. The van der Waals surface area contributed by atoms with Crippen LogP contribution in [0.4, 0.5) is 0 Å². The molecule has 0 heterocycles. The molecule has 0 N–H and O–H groups in total. The Morgan fingerprint density at radius 3 is 0.547 bits per heavy atom. The highest BCUT2D eigenvalue weighted by atomic mass is 16.9. The van der Waals surface area contributed by atoms with Crippen molar-refractivity contribution in [1.82, 2.24) is 0 Å². The Balaban J connectivity index is 4.67.